The minimum absolute atomic E-state index is 0.107. The molecule has 0 fully saturated rings. The van der Waals surface area contributed by atoms with Crippen molar-refractivity contribution in [2.75, 3.05) is 13.2 Å². The maximum absolute atomic E-state index is 12.9. The van der Waals surface area contributed by atoms with E-state index in [0.29, 0.717) is 19.3 Å². The van der Waals surface area contributed by atoms with Gasteiger partial charge in [-0.1, -0.05) is 304 Å². The van der Waals surface area contributed by atoms with E-state index in [1.807, 2.05) is 6.08 Å². The molecule has 1 atom stereocenters. The van der Waals surface area contributed by atoms with Crippen LogP contribution in [0.4, 0.5) is 0 Å². The van der Waals surface area contributed by atoms with E-state index >= 15 is 0 Å². The third-order valence-electron chi connectivity index (χ3n) is 14.1. The molecule has 0 rings (SSSR count). The molecule has 442 valence electrons. The van der Waals surface area contributed by atoms with Crippen molar-refractivity contribution >= 4 is 17.9 Å². The number of rotatable bonds is 59. The molecule has 0 radical (unpaired) electrons. The van der Waals surface area contributed by atoms with Gasteiger partial charge in [-0.05, 0) is 89.9 Å². The lowest BCUT2D eigenvalue weighted by Crippen LogP contribution is -2.30. The molecule has 0 N–H and O–H groups in total. The summed E-state index contributed by atoms with van der Waals surface area (Å²) in [6, 6.07) is 0. The van der Waals surface area contributed by atoms with Crippen molar-refractivity contribution in [3.05, 3.63) is 97.2 Å². The third kappa shape index (κ3) is 63.0. The van der Waals surface area contributed by atoms with Crippen LogP contribution in [0, 0.1) is 0 Å². The molecule has 0 aliphatic heterocycles. The summed E-state index contributed by atoms with van der Waals surface area (Å²) in [6.45, 7) is 6.48. The summed E-state index contributed by atoms with van der Waals surface area (Å²) in [4.78, 5) is 38.3. The predicted octanol–water partition coefficient (Wildman–Crippen LogP) is 22.4. The summed E-state index contributed by atoms with van der Waals surface area (Å²) in [7, 11) is 0. The van der Waals surface area contributed by atoms with Crippen molar-refractivity contribution in [2.45, 2.75) is 322 Å². The number of unbranched alkanes of at least 4 members (excludes halogenated alkanes) is 32. The van der Waals surface area contributed by atoms with E-state index < -0.39 is 6.10 Å². The van der Waals surface area contributed by atoms with Gasteiger partial charge in [0.05, 0.1) is 0 Å². The molecular weight excluding hydrogens is 949 g/mol. The molecule has 6 nitrogen and oxygen atoms in total. The summed E-state index contributed by atoms with van der Waals surface area (Å²) < 4.78 is 16.9. The lowest BCUT2D eigenvalue weighted by Gasteiger charge is -2.18. The van der Waals surface area contributed by atoms with Gasteiger partial charge in [0, 0.05) is 19.3 Å². The van der Waals surface area contributed by atoms with Gasteiger partial charge in [-0.25, -0.2) is 0 Å². The van der Waals surface area contributed by atoms with Crippen LogP contribution < -0.4 is 0 Å². The Morgan fingerprint density at radius 1 is 0.273 bits per heavy atom. The monoisotopic (exact) mass is 1070 g/mol. The number of esters is 3. The lowest BCUT2D eigenvalue weighted by atomic mass is 10.0. The summed E-state index contributed by atoms with van der Waals surface area (Å²) in [5.41, 5.74) is 0. The lowest BCUT2D eigenvalue weighted by molar-refractivity contribution is -0.166. The van der Waals surface area contributed by atoms with E-state index in [0.717, 1.165) is 83.5 Å². The van der Waals surface area contributed by atoms with Crippen molar-refractivity contribution in [3.63, 3.8) is 0 Å². The molecule has 0 spiro atoms. The molecule has 0 saturated heterocycles. The molecule has 0 bridgehead atoms. The summed E-state index contributed by atoms with van der Waals surface area (Å²) in [5.74, 6) is -0.983. The Morgan fingerprint density at radius 2 is 0.532 bits per heavy atom. The number of carbonyl (C=O) groups excluding carboxylic acids is 3. The fourth-order valence-corrected chi connectivity index (χ4v) is 9.21. The Balaban J connectivity index is 4.45. The molecule has 0 aromatic carbocycles. The van der Waals surface area contributed by atoms with Gasteiger partial charge >= 0.3 is 17.9 Å². The average molecular weight is 1070 g/mol. The zero-order chi connectivity index (χ0) is 55.7. The zero-order valence-electron chi connectivity index (χ0n) is 50.7. The highest BCUT2D eigenvalue weighted by atomic mass is 16.6. The number of hydrogen-bond donors (Lipinski definition) is 0. The third-order valence-corrected chi connectivity index (χ3v) is 14.1. The summed E-state index contributed by atoms with van der Waals surface area (Å²) in [6.07, 6.45) is 87.1. The molecule has 0 aliphatic carbocycles. The molecule has 0 aromatic rings. The van der Waals surface area contributed by atoms with Crippen LogP contribution in [-0.2, 0) is 28.6 Å². The molecule has 1 unspecified atom stereocenters. The Bertz CT molecular complexity index is 1510. The Morgan fingerprint density at radius 3 is 0.870 bits per heavy atom. The maximum atomic E-state index is 12.9. The summed E-state index contributed by atoms with van der Waals surface area (Å²) >= 11 is 0. The Kier molecular flexibility index (Phi) is 61.8. The minimum atomic E-state index is -0.821. The standard InChI is InChI=1S/C71H122O6/c1-4-7-10-13-16-19-22-25-28-31-34-35-38-40-43-46-49-52-55-58-61-64-70(73)76-67-68(77-71(74)65-62-59-56-53-50-47-44-41-37-33-30-27-24-21-18-15-12-9-6-3)66-75-69(72)63-60-57-54-51-48-45-42-39-36-32-29-26-23-20-17-14-11-8-5-2/h9,12,17-18,20-21,26-27,29-30,37,41,47,50,56,59,68H,4-8,10-11,13-16,19,22-25,28,31-36,38-40,42-46,48-49,51-55,57-58,60-67H2,1-3H3/b12-9-,20-17-,21-18-,29-26-,30-27-,41-37-,50-47-,59-56-. The maximum Gasteiger partial charge on any atom is 0.306 e. The normalized spacial score (nSPS) is 12.7. The van der Waals surface area contributed by atoms with Crippen molar-refractivity contribution in [1.29, 1.82) is 0 Å². The van der Waals surface area contributed by atoms with Crippen LogP contribution in [-0.4, -0.2) is 37.2 Å². The first-order chi connectivity index (χ1) is 38.0. The molecule has 77 heavy (non-hydrogen) atoms. The van der Waals surface area contributed by atoms with Crippen molar-refractivity contribution in [2.24, 2.45) is 0 Å². The van der Waals surface area contributed by atoms with Crippen molar-refractivity contribution < 1.29 is 28.6 Å². The van der Waals surface area contributed by atoms with E-state index in [1.54, 1.807) is 0 Å². The van der Waals surface area contributed by atoms with Crippen LogP contribution in [0.15, 0.2) is 97.2 Å². The second-order valence-corrected chi connectivity index (χ2v) is 21.6. The highest BCUT2D eigenvalue weighted by Crippen LogP contribution is 2.17. The van der Waals surface area contributed by atoms with Gasteiger partial charge in [0.25, 0.3) is 0 Å². The topological polar surface area (TPSA) is 78.9 Å². The van der Waals surface area contributed by atoms with Gasteiger partial charge in [0.1, 0.15) is 13.2 Å². The average Bonchev–Trinajstić information content (AvgIpc) is 3.43. The first-order valence-corrected chi connectivity index (χ1v) is 32.7. The Hall–Kier alpha value is -3.67. The van der Waals surface area contributed by atoms with Gasteiger partial charge < -0.3 is 14.2 Å². The van der Waals surface area contributed by atoms with Crippen molar-refractivity contribution in [3.8, 4) is 0 Å². The van der Waals surface area contributed by atoms with Crippen LogP contribution in [0.3, 0.4) is 0 Å². The quantitative estimate of drug-likeness (QED) is 0.0261. The van der Waals surface area contributed by atoms with Gasteiger partial charge in [-0.2, -0.15) is 0 Å². The van der Waals surface area contributed by atoms with Gasteiger partial charge in [-0.15, -0.1) is 0 Å². The Labute approximate surface area is 477 Å². The van der Waals surface area contributed by atoms with E-state index in [4.69, 9.17) is 14.2 Å². The van der Waals surface area contributed by atoms with E-state index in [1.165, 1.54) is 186 Å². The molecule has 0 aliphatic rings. The van der Waals surface area contributed by atoms with Crippen LogP contribution in [0.5, 0.6) is 0 Å². The number of ether oxygens (including phenoxy) is 3. The van der Waals surface area contributed by atoms with Crippen LogP contribution in [0.1, 0.15) is 316 Å². The molecular formula is C71H122O6. The van der Waals surface area contributed by atoms with E-state index in [-0.39, 0.29) is 37.5 Å². The molecule has 6 heteroatoms. The molecule has 0 aromatic heterocycles. The first kappa shape index (κ1) is 73.3. The van der Waals surface area contributed by atoms with E-state index in [9.17, 15) is 14.4 Å². The highest BCUT2D eigenvalue weighted by Gasteiger charge is 2.19. The van der Waals surface area contributed by atoms with Crippen molar-refractivity contribution in [1.82, 2.24) is 0 Å². The fraction of sp³-hybridized carbons (Fsp3) is 0.732. The first-order valence-electron chi connectivity index (χ1n) is 32.7. The second kappa shape index (κ2) is 64.9. The highest BCUT2D eigenvalue weighted by molar-refractivity contribution is 5.71. The minimum Gasteiger partial charge on any atom is -0.462 e. The SMILES string of the molecule is CC/C=C\C/C=C\C/C=C\C/C=C\C/C=C\C/C=C\CCC(=O)OC(COC(=O)CCCCCCCCCCC/C=C\C/C=C\CCCCC)COC(=O)CCCCCCCCCCCCCCCCCCCCCCC. The smallest absolute Gasteiger partial charge is 0.306 e. The van der Waals surface area contributed by atoms with E-state index in [2.05, 4.69) is 112 Å². The molecule has 0 saturated carbocycles. The zero-order valence-corrected chi connectivity index (χ0v) is 50.7. The van der Waals surface area contributed by atoms with Crippen LogP contribution in [0.25, 0.3) is 0 Å². The number of carbonyl (C=O) groups is 3. The second-order valence-electron chi connectivity index (χ2n) is 21.6. The van der Waals surface area contributed by atoms with Gasteiger partial charge in [-0.3, -0.25) is 14.4 Å². The van der Waals surface area contributed by atoms with Crippen LogP contribution >= 0.6 is 0 Å². The fourth-order valence-electron chi connectivity index (χ4n) is 9.21. The van der Waals surface area contributed by atoms with Gasteiger partial charge in [0.15, 0.2) is 6.10 Å². The summed E-state index contributed by atoms with van der Waals surface area (Å²) in [5, 5.41) is 0. The number of hydrogen-bond acceptors (Lipinski definition) is 6. The predicted molar refractivity (Wildman–Crippen MR) is 334 cm³/mol. The number of allylic oxidation sites excluding steroid dienone is 16. The van der Waals surface area contributed by atoms with Crippen LogP contribution in [0.2, 0.25) is 0 Å². The van der Waals surface area contributed by atoms with Gasteiger partial charge in [0.2, 0.25) is 0 Å². The largest absolute Gasteiger partial charge is 0.462 e. The molecule has 0 heterocycles. The molecule has 0 amide bonds.